The van der Waals surface area contributed by atoms with E-state index in [0.29, 0.717) is 12.0 Å². The Morgan fingerprint density at radius 3 is 2.75 bits per heavy atom. The summed E-state index contributed by atoms with van der Waals surface area (Å²) in [5, 5.41) is 4.30. The molecule has 0 aliphatic heterocycles. The molecule has 0 spiro atoms. The Kier molecular flexibility index (Phi) is 5.91. The van der Waals surface area contributed by atoms with E-state index in [4.69, 9.17) is 4.42 Å². The summed E-state index contributed by atoms with van der Waals surface area (Å²) < 4.78 is 5.33. The Morgan fingerprint density at radius 1 is 1.50 bits per heavy atom. The second-order valence-corrected chi connectivity index (χ2v) is 5.09. The summed E-state index contributed by atoms with van der Waals surface area (Å²) in [4.78, 5) is 4.30. The second kappa shape index (κ2) is 6.97. The lowest BCUT2D eigenvalue weighted by Gasteiger charge is -2.22. The fraction of sp³-hybridized carbons (Fsp3) is 0.750. The first-order chi connectivity index (χ1) is 7.67. The van der Waals surface area contributed by atoms with Crippen molar-refractivity contribution in [3.8, 4) is 0 Å². The molecule has 92 valence electrons. The molecule has 0 aliphatic carbocycles. The predicted molar refractivity (Wildman–Crippen MR) is 68.9 cm³/mol. The molecule has 1 aromatic rings. The van der Waals surface area contributed by atoms with Crippen LogP contribution in [0.3, 0.4) is 0 Å². The van der Waals surface area contributed by atoms with Crippen LogP contribution in [0.1, 0.15) is 32.9 Å². The molecule has 1 heterocycles. The van der Waals surface area contributed by atoms with E-state index in [-0.39, 0.29) is 0 Å². The van der Waals surface area contributed by atoms with Gasteiger partial charge in [0.1, 0.15) is 6.26 Å². The largest absolute Gasteiger partial charge is 0.440 e. The van der Waals surface area contributed by atoms with Crippen LogP contribution in [0.5, 0.6) is 0 Å². The van der Waals surface area contributed by atoms with Crippen LogP contribution < -0.4 is 5.32 Å². The summed E-state index contributed by atoms with van der Waals surface area (Å²) >= 11 is 1.69. The Morgan fingerprint density at radius 2 is 2.25 bits per heavy atom. The lowest BCUT2D eigenvalue weighted by atomic mass is 10.0. The van der Waals surface area contributed by atoms with Crippen molar-refractivity contribution in [2.75, 3.05) is 12.3 Å². The van der Waals surface area contributed by atoms with E-state index in [1.54, 1.807) is 18.0 Å². The zero-order chi connectivity index (χ0) is 12.0. The smallest absolute Gasteiger partial charge is 0.255 e. The molecule has 2 atom stereocenters. The summed E-state index contributed by atoms with van der Waals surface area (Å²) in [5.74, 6) is 1.70. The van der Waals surface area contributed by atoms with Gasteiger partial charge in [0.25, 0.3) is 5.22 Å². The summed E-state index contributed by atoms with van der Waals surface area (Å²) in [6.45, 7) is 9.63. The van der Waals surface area contributed by atoms with Gasteiger partial charge in [-0.25, -0.2) is 4.98 Å². The Balaban J connectivity index is 2.43. The average molecular weight is 242 g/mol. The SMILES string of the molecule is CCNC(CSc1nc(C)co1)C(C)CC. The van der Waals surface area contributed by atoms with Crippen LogP contribution in [0.25, 0.3) is 0 Å². The average Bonchev–Trinajstić information content (AvgIpc) is 2.69. The minimum Gasteiger partial charge on any atom is -0.440 e. The molecule has 0 aliphatic rings. The first-order valence-corrected chi connectivity index (χ1v) is 6.94. The van der Waals surface area contributed by atoms with Gasteiger partial charge in [-0.3, -0.25) is 0 Å². The highest BCUT2D eigenvalue weighted by Crippen LogP contribution is 2.21. The first kappa shape index (κ1) is 13.6. The van der Waals surface area contributed by atoms with E-state index in [1.807, 2.05) is 6.92 Å². The minimum atomic E-state index is 0.534. The summed E-state index contributed by atoms with van der Waals surface area (Å²) in [7, 11) is 0. The van der Waals surface area contributed by atoms with Crippen LogP contribution in [-0.2, 0) is 0 Å². The van der Waals surface area contributed by atoms with Crippen LogP contribution in [-0.4, -0.2) is 23.3 Å². The standard InChI is InChI=1S/C12H22N2OS/c1-5-9(3)11(13-6-2)8-16-12-14-10(4)7-15-12/h7,9,11,13H,5-6,8H2,1-4H3. The molecule has 1 aromatic heterocycles. The zero-order valence-electron chi connectivity index (χ0n) is 10.6. The quantitative estimate of drug-likeness (QED) is 0.746. The number of nitrogens with zero attached hydrogens (tertiary/aromatic N) is 1. The highest BCUT2D eigenvalue weighted by atomic mass is 32.2. The molecule has 0 fully saturated rings. The van der Waals surface area contributed by atoms with E-state index in [0.717, 1.165) is 23.2 Å². The number of hydrogen-bond acceptors (Lipinski definition) is 4. The van der Waals surface area contributed by atoms with Gasteiger partial charge in [-0.1, -0.05) is 39.0 Å². The normalized spacial score (nSPS) is 15.0. The summed E-state index contributed by atoms with van der Waals surface area (Å²) in [6, 6.07) is 0.534. The topological polar surface area (TPSA) is 38.1 Å². The minimum absolute atomic E-state index is 0.534. The van der Waals surface area contributed by atoms with E-state index < -0.39 is 0 Å². The first-order valence-electron chi connectivity index (χ1n) is 5.95. The lowest BCUT2D eigenvalue weighted by Crippen LogP contribution is -2.36. The molecule has 0 bridgehead atoms. The molecule has 4 heteroatoms. The zero-order valence-corrected chi connectivity index (χ0v) is 11.4. The molecule has 1 N–H and O–H groups in total. The van der Waals surface area contributed by atoms with Gasteiger partial charge in [-0.15, -0.1) is 0 Å². The molecular weight excluding hydrogens is 220 g/mol. The van der Waals surface area contributed by atoms with Gasteiger partial charge in [0.2, 0.25) is 0 Å². The van der Waals surface area contributed by atoms with Gasteiger partial charge in [0.15, 0.2) is 0 Å². The number of aryl methyl sites for hydroxylation is 1. The van der Waals surface area contributed by atoms with Crippen molar-refractivity contribution in [2.45, 2.75) is 45.4 Å². The molecule has 2 unspecified atom stereocenters. The van der Waals surface area contributed by atoms with E-state index in [2.05, 4.69) is 31.1 Å². The molecule has 0 saturated carbocycles. The number of aromatic nitrogens is 1. The van der Waals surface area contributed by atoms with Crippen LogP contribution in [0.4, 0.5) is 0 Å². The molecule has 3 nitrogen and oxygen atoms in total. The van der Waals surface area contributed by atoms with E-state index >= 15 is 0 Å². The van der Waals surface area contributed by atoms with Crippen molar-refractivity contribution in [3.63, 3.8) is 0 Å². The molecule has 1 rings (SSSR count). The van der Waals surface area contributed by atoms with E-state index in [9.17, 15) is 0 Å². The number of nitrogens with one attached hydrogen (secondary N) is 1. The molecule has 0 radical (unpaired) electrons. The summed E-state index contributed by atoms with van der Waals surface area (Å²) in [6.07, 6.45) is 2.90. The molecule has 16 heavy (non-hydrogen) atoms. The summed E-state index contributed by atoms with van der Waals surface area (Å²) in [5.41, 5.74) is 0.950. The third kappa shape index (κ3) is 4.18. The lowest BCUT2D eigenvalue weighted by molar-refractivity contribution is 0.401. The highest BCUT2D eigenvalue weighted by Gasteiger charge is 2.16. The van der Waals surface area contributed by atoms with Crippen molar-refractivity contribution < 1.29 is 4.42 Å². The number of hydrogen-bond donors (Lipinski definition) is 1. The third-order valence-corrected chi connectivity index (χ3v) is 3.74. The van der Waals surface area contributed by atoms with Crippen molar-refractivity contribution in [1.29, 1.82) is 0 Å². The van der Waals surface area contributed by atoms with Crippen molar-refractivity contribution >= 4 is 11.8 Å². The van der Waals surface area contributed by atoms with E-state index in [1.165, 1.54) is 6.42 Å². The third-order valence-electron chi connectivity index (χ3n) is 2.78. The maximum Gasteiger partial charge on any atom is 0.255 e. The van der Waals surface area contributed by atoms with Gasteiger partial charge in [-0.2, -0.15) is 0 Å². The van der Waals surface area contributed by atoms with Crippen molar-refractivity contribution in [2.24, 2.45) is 5.92 Å². The monoisotopic (exact) mass is 242 g/mol. The van der Waals surface area contributed by atoms with Crippen LogP contribution in [0.2, 0.25) is 0 Å². The Bertz CT molecular complexity index is 301. The Hall–Kier alpha value is -0.480. The molecule has 0 aromatic carbocycles. The van der Waals surface area contributed by atoms with Crippen molar-refractivity contribution in [1.82, 2.24) is 10.3 Å². The van der Waals surface area contributed by atoms with Crippen LogP contribution in [0, 0.1) is 12.8 Å². The van der Waals surface area contributed by atoms with Gasteiger partial charge in [-0.05, 0) is 19.4 Å². The Labute approximate surface area is 102 Å². The molecule has 0 amide bonds. The van der Waals surface area contributed by atoms with Gasteiger partial charge >= 0.3 is 0 Å². The number of thioether (sulfide) groups is 1. The van der Waals surface area contributed by atoms with Gasteiger partial charge < -0.3 is 9.73 Å². The molecule has 0 saturated heterocycles. The fourth-order valence-electron chi connectivity index (χ4n) is 1.53. The van der Waals surface area contributed by atoms with Crippen molar-refractivity contribution in [3.05, 3.63) is 12.0 Å². The maximum absolute atomic E-state index is 5.33. The highest BCUT2D eigenvalue weighted by molar-refractivity contribution is 7.99. The number of rotatable bonds is 7. The number of oxazole rings is 1. The maximum atomic E-state index is 5.33. The van der Waals surface area contributed by atoms with Gasteiger partial charge in [0, 0.05) is 11.8 Å². The second-order valence-electron chi connectivity index (χ2n) is 4.12. The van der Waals surface area contributed by atoms with Crippen LogP contribution >= 0.6 is 11.8 Å². The fourth-order valence-corrected chi connectivity index (χ4v) is 2.62. The van der Waals surface area contributed by atoms with Gasteiger partial charge in [0.05, 0.1) is 5.69 Å². The predicted octanol–water partition coefficient (Wildman–Crippen LogP) is 3.10. The molecular formula is C12H22N2OS. The van der Waals surface area contributed by atoms with Crippen LogP contribution in [0.15, 0.2) is 15.9 Å².